The molecule has 0 bridgehead atoms. The maximum atomic E-state index is 14.5. The highest BCUT2D eigenvalue weighted by molar-refractivity contribution is 5.77. The van der Waals surface area contributed by atoms with Crippen molar-refractivity contribution in [1.29, 1.82) is 0 Å². The van der Waals surface area contributed by atoms with Crippen LogP contribution in [-0.2, 0) is 9.53 Å². The number of halogens is 1. The van der Waals surface area contributed by atoms with E-state index in [1.54, 1.807) is 19.4 Å². The van der Waals surface area contributed by atoms with Gasteiger partial charge in [-0.25, -0.2) is 9.37 Å². The molecule has 1 heterocycles. The third-order valence-electron chi connectivity index (χ3n) is 5.20. The molecule has 0 saturated heterocycles. The third kappa shape index (κ3) is 6.78. The molecule has 0 radical (unpaired) electrons. The summed E-state index contributed by atoms with van der Waals surface area (Å²) in [6, 6.07) is 15.4. The number of amides is 1. The number of carbonyl (C=O) groups is 1. The maximum Gasteiger partial charge on any atom is 0.204 e. The van der Waals surface area contributed by atoms with Gasteiger partial charge in [-0.2, -0.15) is 0 Å². The van der Waals surface area contributed by atoms with E-state index in [4.69, 9.17) is 15.3 Å². The van der Waals surface area contributed by atoms with Gasteiger partial charge in [0.1, 0.15) is 11.6 Å². The van der Waals surface area contributed by atoms with E-state index in [1.807, 2.05) is 57.2 Å². The molecule has 0 aliphatic carbocycles. The van der Waals surface area contributed by atoms with Gasteiger partial charge in [-0.05, 0) is 85.3 Å². The predicted octanol–water partition coefficient (Wildman–Crippen LogP) is 4.77. The number of ether oxygens (including phenoxy) is 1. The first kappa shape index (κ1) is 24.8. The largest absolute Gasteiger partial charge is 0.384 e. The number of nitrogens with zero attached hydrogens (tertiary/aromatic N) is 1. The monoisotopic (exact) mass is 438 g/mol. The topological polar surface area (TPSA) is 103 Å². The summed E-state index contributed by atoms with van der Waals surface area (Å²) in [6.07, 6.45) is 2.72. The molecule has 1 aromatic heterocycles. The summed E-state index contributed by atoms with van der Waals surface area (Å²) in [5.41, 5.74) is 15.2. The van der Waals surface area contributed by atoms with Gasteiger partial charge in [-0.3, -0.25) is 4.79 Å². The fourth-order valence-electron chi connectivity index (χ4n) is 3.21. The fourth-order valence-corrected chi connectivity index (χ4v) is 3.21. The van der Waals surface area contributed by atoms with Crippen LogP contribution in [0.4, 0.5) is 15.9 Å². The quantitative estimate of drug-likeness (QED) is 0.461. The molecule has 2 aromatic carbocycles. The lowest BCUT2D eigenvalue weighted by Gasteiger charge is -2.23. The molecule has 32 heavy (non-hydrogen) atoms. The Labute approximate surface area is 188 Å². The van der Waals surface area contributed by atoms with Crippen LogP contribution in [0.1, 0.15) is 25.8 Å². The molecule has 0 saturated carbocycles. The second-order valence-corrected chi connectivity index (χ2v) is 7.97. The smallest absolute Gasteiger partial charge is 0.204 e. The van der Waals surface area contributed by atoms with Gasteiger partial charge >= 0.3 is 0 Å². The first-order valence-electron chi connectivity index (χ1n) is 10.3. The lowest BCUT2D eigenvalue weighted by molar-refractivity contribution is -0.106. The third-order valence-corrected chi connectivity index (χ3v) is 5.20. The number of nitrogens with two attached hydrogens (primary N) is 2. The molecule has 0 spiro atoms. The average molecular weight is 439 g/mol. The molecule has 0 aliphatic rings. The normalized spacial score (nSPS) is 10.8. The van der Waals surface area contributed by atoms with Crippen molar-refractivity contribution in [2.75, 3.05) is 24.7 Å². The summed E-state index contributed by atoms with van der Waals surface area (Å²) in [5, 5.41) is 3.21. The zero-order valence-corrected chi connectivity index (χ0v) is 19.0. The molecule has 3 aromatic rings. The Hall–Kier alpha value is -3.45. The van der Waals surface area contributed by atoms with Crippen molar-refractivity contribution < 1.29 is 13.9 Å². The standard InChI is InChI=1S/C24H28FN3O.CH3NO/c1-16-12-21(25)22(27-11-9-24(2,3)29-4)15-20(16)19-7-5-6-17(13-19)18-8-10-28-23(26)14-18;2-1-3/h5-8,10,12-15,27H,9,11H2,1-4H3,(H2,26,28);1H,(H2,2,3). The van der Waals surface area contributed by atoms with Crippen LogP contribution in [0.25, 0.3) is 22.3 Å². The van der Waals surface area contributed by atoms with Crippen LogP contribution in [-0.4, -0.2) is 30.6 Å². The number of pyridine rings is 1. The number of carbonyl (C=O) groups excluding carboxylic acids is 1. The van der Waals surface area contributed by atoms with Gasteiger partial charge in [-0.15, -0.1) is 0 Å². The summed E-state index contributed by atoms with van der Waals surface area (Å²) in [6.45, 7) is 6.58. The van der Waals surface area contributed by atoms with E-state index in [2.05, 4.69) is 22.1 Å². The number of aryl methyl sites for hydroxylation is 1. The molecule has 0 aliphatic heterocycles. The lowest BCUT2D eigenvalue weighted by Crippen LogP contribution is -2.25. The van der Waals surface area contributed by atoms with Crippen molar-refractivity contribution in [3.8, 4) is 22.3 Å². The molecule has 3 rings (SSSR count). The SMILES string of the molecule is COC(C)(C)CCNc1cc(-c2cccc(-c3ccnc(N)c3)c2)c(C)cc1F.NC=O. The minimum atomic E-state index is -0.252. The second-order valence-electron chi connectivity index (χ2n) is 7.97. The summed E-state index contributed by atoms with van der Waals surface area (Å²) in [4.78, 5) is 12.6. The van der Waals surface area contributed by atoms with Gasteiger partial charge in [0, 0.05) is 19.9 Å². The molecule has 5 N–H and O–H groups in total. The Kier molecular flexibility index (Phi) is 8.72. The summed E-state index contributed by atoms with van der Waals surface area (Å²) in [5.74, 6) is 0.232. The minimum Gasteiger partial charge on any atom is -0.384 e. The van der Waals surface area contributed by atoms with E-state index in [1.165, 1.54) is 0 Å². The van der Waals surface area contributed by atoms with Gasteiger partial charge in [0.15, 0.2) is 0 Å². The Morgan fingerprint density at radius 2 is 1.78 bits per heavy atom. The first-order valence-corrected chi connectivity index (χ1v) is 10.3. The highest BCUT2D eigenvalue weighted by atomic mass is 19.1. The maximum absolute atomic E-state index is 14.5. The number of nitrogen functional groups attached to an aromatic ring is 1. The Morgan fingerprint density at radius 3 is 2.44 bits per heavy atom. The average Bonchev–Trinajstić information content (AvgIpc) is 2.76. The predicted molar refractivity (Wildman–Crippen MR) is 129 cm³/mol. The molecule has 6 nitrogen and oxygen atoms in total. The molecule has 1 amide bonds. The number of benzene rings is 2. The number of methoxy groups -OCH3 is 1. The molecular weight excluding hydrogens is 407 g/mol. The molecule has 0 atom stereocenters. The van der Waals surface area contributed by atoms with Crippen LogP contribution in [0.15, 0.2) is 54.7 Å². The number of rotatable bonds is 7. The van der Waals surface area contributed by atoms with E-state index in [0.29, 0.717) is 18.1 Å². The van der Waals surface area contributed by atoms with E-state index in [-0.39, 0.29) is 17.8 Å². The lowest BCUT2D eigenvalue weighted by atomic mass is 9.96. The number of hydrogen-bond acceptors (Lipinski definition) is 5. The van der Waals surface area contributed by atoms with E-state index in [9.17, 15) is 4.39 Å². The molecule has 170 valence electrons. The van der Waals surface area contributed by atoms with Gasteiger partial charge < -0.3 is 21.5 Å². The summed E-state index contributed by atoms with van der Waals surface area (Å²) >= 11 is 0. The van der Waals surface area contributed by atoms with Crippen molar-refractivity contribution in [3.05, 3.63) is 66.1 Å². The number of primary amides is 1. The van der Waals surface area contributed by atoms with Crippen molar-refractivity contribution in [1.82, 2.24) is 4.98 Å². The molecule has 7 heteroatoms. The first-order chi connectivity index (χ1) is 15.2. The summed E-state index contributed by atoms with van der Waals surface area (Å²) in [7, 11) is 1.69. The summed E-state index contributed by atoms with van der Waals surface area (Å²) < 4.78 is 20.0. The number of nitrogens with one attached hydrogen (secondary N) is 1. The highest BCUT2D eigenvalue weighted by Gasteiger charge is 2.16. The fraction of sp³-hybridized carbons (Fsp3) is 0.280. The van der Waals surface area contributed by atoms with Crippen LogP contribution in [0.2, 0.25) is 0 Å². The van der Waals surface area contributed by atoms with E-state index >= 15 is 0 Å². The van der Waals surface area contributed by atoms with Gasteiger partial charge in [-0.1, -0.05) is 18.2 Å². The van der Waals surface area contributed by atoms with Crippen molar-refractivity contribution in [3.63, 3.8) is 0 Å². The van der Waals surface area contributed by atoms with Crippen molar-refractivity contribution in [2.24, 2.45) is 5.73 Å². The van der Waals surface area contributed by atoms with E-state index < -0.39 is 0 Å². The molecular formula is C25H31FN4O2. The van der Waals surface area contributed by atoms with Crippen molar-refractivity contribution >= 4 is 17.9 Å². The van der Waals surface area contributed by atoms with E-state index in [0.717, 1.165) is 34.2 Å². The minimum absolute atomic E-state index is 0.250. The Morgan fingerprint density at radius 1 is 1.12 bits per heavy atom. The number of hydrogen-bond donors (Lipinski definition) is 3. The van der Waals surface area contributed by atoms with Gasteiger partial charge in [0.05, 0.1) is 11.3 Å². The van der Waals surface area contributed by atoms with Crippen molar-refractivity contribution in [2.45, 2.75) is 32.8 Å². The number of anilines is 2. The Bertz CT molecular complexity index is 1050. The zero-order valence-electron chi connectivity index (χ0n) is 19.0. The van der Waals surface area contributed by atoms with Crippen LogP contribution >= 0.6 is 0 Å². The molecule has 0 fully saturated rings. The van der Waals surface area contributed by atoms with Gasteiger partial charge in [0.25, 0.3) is 0 Å². The van der Waals surface area contributed by atoms with Crippen LogP contribution < -0.4 is 16.8 Å². The second kappa shape index (κ2) is 11.2. The zero-order chi connectivity index (χ0) is 23.7. The van der Waals surface area contributed by atoms with Gasteiger partial charge in [0.2, 0.25) is 6.41 Å². The van der Waals surface area contributed by atoms with Crippen LogP contribution in [0.5, 0.6) is 0 Å². The highest BCUT2D eigenvalue weighted by Crippen LogP contribution is 2.32. The molecule has 0 unspecified atom stereocenters. The Balaban J connectivity index is 0.00000114. The number of aromatic nitrogens is 1. The van der Waals surface area contributed by atoms with Crippen LogP contribution in [0, 0.1) is 12.7 Å². The van der Waals surface area contributed by atoms with Crippen LogP contribution in [0.3, 0.4) is 0 Å².